The summed E-state index contributed by atoms with van der Waals surface area (Å²) in [5.41, 5.74) is 9.69. The Hall–Kier alpha value is -4.25. The van der Waals surface area contributed by atoms with Gasteiger partial charge in [0, 0.05) is 56.4 Å². The van der Waals surface area contributed by atoms with E-state index in [1.54, 1.807) is 6.92 Å². The third-order valence-electron chi connectivity index (χ3n) is 9.14. The van der Waals surface area contributed by atoms with Gasteiger partial charge >= 0.3 is 17.9 Å². The zero-order valence-corrected chi connectivity index (χ0v) is 27.7. The van der Waals surface area contributed by atoms with Gasteiger partial charge in [-0.2, -0.15) is 0 Å². The molecule has 0 aliphatic carbocycles. The summed E-state index contributed by atoms with van der Waals surface area (Å²) < 4.78 is 0. The summed E-state index contributed by atoms with van der Waals surface area (Å²) in [4.78, 5) is 53.5. The van der Waals surface area contributed by atoms with Crippen molar-refractivity contribution < 1.29 is 29.7 Å². The molecule has 0 radical (unpaired) electrons. The van der Waals surface area contributed by atoms with Crippen molar-refractivity contribution in [1.82, 2.24) is 19.9 Å². The molecular formula is C34H37BrN4O6. The van der Waals surface area contributed by atoms with Gasteiger partial charge in [0.2, 0.25) is 0 Å². The van der Waals surface area contributed by atoms with E-state index < -0.39 is 30.2 Å². The van der Waals surface area contributed by atoms with Crippen LogP contribution in [0.2, 0.25) is 0 Å². The average Bonchev–Trinajstić information content (AvgIpc) is 3.63. The normalized spacial score (nSPS) is 17.0. The van der Waals surface area contributed by atoms with E-state index in [9.17, 15) is 29.7 Å². The molecule has 236 valence electrons. The maximum atomic E-state index is 12.7. The highest BCUT2D eigenvalue weighted by atomic mass is 79.9. The van der Waals surface area contributed by atoms with Crippen LogP contribution in [0.25, 0.3) is 33.2 Å². The SMILES string of the molecule is CCc1c(C)c2cc3[nH]c(cc4nc(c(CC(=O)O)c5nc(cc1[nH]2)C(C)=C5C(=O)O)[C@@H](CCC(=O)O)[C@@H]4C)c(C)c3C(C)Br. The summed E-state index contributed by atoms with van der Waals surface area (Å²) in [5.74, 6) is -4.10. The van der Waals surface area contributed by atoms with Gasteiger partial charge in [0.1, 0.15) is 0 Å². The van der Waals surface area contributed by atoms with Crippen molar-refractivity contribution in [2.24, 2.45) is 0 Å². The zero-order chi connectivity index (χ0) is 32.9. The number of halogens is 1. The van der Waals surface area contributed by atoms with Crippen molar-refractivity contribution in [3.05, 3.63) is 68.8 Å². The molecule has 11 heteroatoms. The van der Waals surface area contributed by atoms with E-state index in [0.29, 0.717) is 22.7 Å². The summed E-state index contributed by atoms with van der Waals surface area (Å²) in [6.45, 7) is 11.8. The molecule has 0 aromatic carbocycles. The third-order valence-corrected chi connectivity index (χ3v) is 9.60. The van der Waals surface area contributed by atoms with Crippen molar-refractivity contribution in [3.63, 3.8) is 0 Å². The lowest BCUT2D eigenvalue weighted by Crippen LogP contribution is -2.13. The third kappa shape index (κ3) is 5.81. The van der Waals surface area contributed by atoms with Crippen LogP contribution in [0.3, 0.4) is 0 Å². The Morgan fingerprint density at radius 1 is 0.911 bits per heavy atom. The van der Waals surface area contributed by atoms with Crippen molar-refractivity contribution in [3.8, 4) is 0 Å². The van der Waals surface area contributed by atoms with Crippen molar-refractivity contribution in [1.29, 1.82) is 0 Å². The minimum atomic E-state index is -1.22. The van der Waals surface area contributed by atoms with Crippen molar-refractivity contribution in [2.75, 3.05) is 0 Å². The van der Waals surface area contributed by atoms with Crippen LogP contribution in [0.5, 0.6) is 0 Å². The predicted octanol–water partition coefficient (Wildman–Crippen LogP) is 7.34. The molecule has 1 unspecified atom stereocenters. The lowest BCUT2D eigenvalue weighted by Gasteiger charge is -2.17. The van der Waals surface area contributed by atoms with Crippen molar-refractivity contribution >= 4 is 67.1 Å². The molecule has 0 spiro atoms. The number of fused-ring (bicyclic) bond motifs is 8. The first-order valence-electron chi connectivity index (χ1n) is 15.0. The molecule has 2 aliphatic heterocycles. The van der Waals surface area contributed by atoms with Crippen LogP contribution in [-0.4, -0.2) is 53.2 Å². The molecule has 8 bridgehead atoms. The van der Waals surface area contributed by atoms with Crippen molar-refractivity contribution in [2.45, 2.75) is 83.9 Å². The van der Waals surface area contributed by atoms with Crippen LogP contribution in [0.4, 0.5) is 0 Å². The monoisotopic (exact) mass is 676 g/mol. The first-order chi connectivity index (χ1) is 21.2. The van der Waals surface area contributed by atoms with Crippen LogP contribution in [0.15, 0.2) is 18.2 Å². The largest absolute Gasteiger partial charge is 0.481 e. The average molecular weight is 678 g/mol. The number of alkyl halides is 1. The lowest BCUT2D eigenvalue weighted by atomic mass is 9.84. The highest BCUT2D eigenvalue weighted by Gasteiger charge is 2.35. The molecule has 3 aromatic rings. The topological polar surface area (TPSA) is 169 Å². The number of nitrogens with one attached hydrogen (secondary N) is 2. The molecule has 5 rings (SSSR count). The zero-order valence-electron chi connectivity index (χ0n) is 26.1. The molecule has 10 nitrogen and oxygen atoms in total. The number of carboxylic acid groups (broad SMARTS) is 3. The van der Waals surface area contributed by atoms with Gasteiger partial charge in [-0.3, -0.25) is 14.6 Å². The number of aromatic amines is 2. The molecule has 3 aromatic heterocycles. The number of carbonyl (C=O) groups is 3. The molecule has 2 aliphatic rings. The maximum Gasteiger partial charge on any atom is 0.338 e. The van der Waals surface area contributed by atoms with E-state index in [2.05, 4.69) is 45.8 Å². The van der Waals surface area contributed by atoms with Crippen LogP contribution in [0, 0.1) is 13.8 Å². The summed E-state index contributed by atoms with van der Waals surface area (Å²) in [7, 11) is 0. The first kappa shape index (κ1) is 32.2. The minimum absolute atomic E-state index is 0.0313. The Labute approximate surface area is 268 Å². The highest BCUT2D eigenvalue weighted by Crippen LogP contribution is 2.44. The number of carboxylic acids is 3. The van der Waals surface area contributed by atoms with Crippen LogP contribution < -0.4 is 0 Å². The van der Waals surface area contributed by atoms with Gasteiger partial charge in [0.15, 0.2) is 0 Å². The van der Waals surface area contributed by atoms with E-state index in [1.807, 2.05) is 32.9 Å². The predicted molar refractivity (Wildman–Crippen MR) is 177 cm³/mol. The molecule has 0 amide bonds. The fraction of sp³-hybridized carbons (Fsp3) is 0.382. The molecular weight excluding hydrogens is 640 g/mol. The Morgan fingerprint density at radius 2 is 1.58 bits per heavy atom. The summed E-state index contributed by atoms with van der Waals surface area (Å²) in [5, 5.41) is 30.0. The maximum absolute atomic E-state index is 12.7. The quantitative estimate of drug-likeness (QED) is 0.154. The second-order valence-corrected chi connectivity index (χ2v) is 13.3. The first-order valence-corrected chi connectivity index (χ1v) is 15.9. The van der Waals surface area contributed by atoms with Gasteiger partial charge in [0.25, 0.3) is 0 Å². The minimum Gasteiger partial charge on any atom is -0.481 e. The second kappa shape index (κ2) is 12.3. The van der Waals surface area contributed by atoms with Gasteiger partial charge in [-0.15, -0.1) is 0 Å². The number of allylic oxidation sites excluding steroid dienone is 1. The Kier molecular flexibility index (Phi) is 8.77. The number of aryl methyl sites for hydroxylation is 3. The number of hydrogen-bond donors (Lipinski definition) is 5. The fourth-order valence-corrected chi connectivity index (χ4v) is 7.37. The molecule has 0 saturated carbocycles. The van der Waals surface area contributed by atoms with E-state index in [1.165, 1.54) is 0 Å². The molecule has 3 atom stereocenters. The lowest BCUT2D eigenvalue weighted by molar-refractivity contribution is -0.138. The van der Waals surface area contributed by atoms with Crippen LogP contribution in [-0.2, 0) is 27.2 Å². The standard InChI is InChI=1S/C34H37BrN4O6/c1-7-19-14(2)22-13-27-30(18(6)35)16(4)24(37-27)11-23-15(3)20(8-9-28(40)41)32(38-23)21(10-29(42)43)33-31(34(44)45)17(5)25(39-33)12-26(19)36-22/h11-13,15,18,20,36-37H,7-10H2,1-6H3,(H,40,41)(H,42,43)(H,44,45)/t15-,18?,20-/m0/s1. The van der Waals surface area contributed by atoms with E-state index in [4.69, 9.17) is 9.97 Å². The number of H-pyrrole nitrogens is 2. The Morgan fingerprint density at radius 3 is 2.18 bits per heavy atom. The molecule has 0 fully saturated rings. The highest BCUT2D eigenvalue weighted by molar-refractivity contribution is 9.09. The second-order valence-electron chi connectivity index (χ2n) is 11.9. The Balaban J connectivity index is 2.04. The Bertz CT molecular complexity index is 1950. The number of aliphatic carboxylic acids is 3. The smallest absolute Gasteiger partial charge is 0.338 e. The summed E-state index contributed by atoms with van der Waals surface area (Å²) in [6, 6.07) is 5.84. The summed E-state index contributed by atoms with van der Waals surface area (Å²) in [6.07, 6.45) is 0.253. The molecule has 45 heavy (non-hydrogen) atoms. The van der Waals surface area contributed by atoms with Crippen LogP contribution >= 0.6 is 15.9 Å². The molecule has 0 saturated heterocycles. The van der Waals surface area contributed by atoms with Gasteiger partial charge < -0.3 is 25.3 Å². The molecule has 5 N–H and O–H groups in total. The number of aromatic nitrogens is 4. The molecule has 5 heterocycles. The van der Waals surface area contributed by atoms with E-state index in [0.717, 1.165) is 50.7 Å². The van der Waals surface area contributed by atoms with Gasteiger partial charge in [-0.25, -0.2) is 9.78 Å². The van der Waals surface area contributed by atoms with Gasteiger partial charge in [-0.1, -0.05) is 29.8 Å². The number of nitrogens with zero attached hydrogens (tertiary/aromatic N) is 2. The number of rotatable bonds is 8. The van der Waals surface area contributed by atoms with E-state index in [-0.39, 0.29) is 40.4 Å². The fourth-order valence-electron chi connectivity index (χ4n) is 6.78. The van der Waals surface area contributed by atoms with E-state index >= 15 is 0 Å². The number of hydrogen-bond acceptors (Lipinski definition) is 5. The van der Waals surface area contributed by atoms with Gasteiger partial charge in [0.05, 0.1) is 29.1 Å². The van der Waals surface area contributed by atoms with Gasteiger partial charge in [-0.05, 0) is 86.6 Å². The van der Waals surface area contributed by atoms with Crippen LogP contribution in [0.1, 0.15) is 108 Å². The summed E-state index contributed by atoms with van der Waals surface area (Å²) >= 11 is 3.77.